The van der Waals surface area contributed by atoms with Crippen LogP contribution in [0.2, 0.25) is 0 Å². The molecule has 1 aliphatic rings. The van der Waals surface area contributed by atoms with Crippen LogP contribution in [-0.4, -0.2) is 17.6 Å². The van der Waals surface area contributed by atoms with Gasteiger partial charge in [-0.2, -0.15) is 13.2 Å². The summed E-state index contributed by atoms with van der Waals surface area (Å²) in [6, 6.07) is 9.58. The van der Waals surface area contributed by atoms with E-state index in [2.05, 4.69) is 10.6 Å². The molecule has 0 spiro atoms. The summed E-state index contributed by atoms with van der Waals surface area (Å²) in [5.74, 6) is 0. The average Bonchev–Trinajstić information content (AvgIpc) is 3.36. The number of benzene rings is 1. The molecule has 0 saturated heterocycles. The van der Waals surface area contributed by atoms with E-state index in [1.807, 2.05) is 35.3 Å². The van der Waals surface area contributed by atoms with Gasteiger partial charge in [-0.15, -0.1) is 0 Å². The zero-order valence-electron chi connectivity index (χ0n) is 13.1. The van der Waals surface area contributed by atoms with Crippen molar-refractivity contribution in [3.8, 4) is 0 Å². The molecule has 1 fully saturated rings. The van der Waals surface area contributed by atoms with Gasteiger partial charge in [-0.1, -0.05) is 30.3 Å². The van der Waals surface area contributed by atoms with Crippen LogP contribution in [0.25, 0.3) is 0 Å². The van der Waals surface area contributed by atoms with Crippen molar-refractivity contribution in [1.82, 2.24) is 10.3 Å². The molecule has 132 valence electrons. The van der Waals surface area contributed by atoms with E-state index in [4.69, 9.17) is 0 Å². The van der Waals surface area contributed by atoms with Crippen molar-refractivity contribution in [3.05, 3.63) is 64.1 Å². The number of H-pyrrole nitrogens is 1. The second-order valence-corrected chi connectivity index (χ2v) is 6.08. The Bertz CT molecular complexity index is 827. The van der Waals surface area contributed by atoms with E-state index in [1.54, 1.807) is 0 Å². The first-order valence-electron chi connectivity index (χ1n) is 7.70. The van der Waals surface area contributed by atoms with Gasteiger partial charge in [0.2, 0.25) is 0 Å². The van der Waals surface area contributed by atoms with Crippen LogP contribution in [0.1, 0.15) is 24.0 Å². The summed E-state index contributed by atoms with van der Waals surface area (Å²) in [7, 11) is 0. The molecule has 0 aliphatic heterocycles. The molecule has 0 radical (unpaired) electrons. The van der Waals surface area contributed by atoms with Gasteiger partial charge in [0.05, 0.1) is 5.56 Å². The number of nitrogens with one attached hydrogen (secondary N) is 3. The number of halogens is 3. The van der Waals surface area contributed by atoms with Crippen molar-refractivity contribution in [1.29, 1.82) is 0 Å². The molecule has 0 bridgehead atoms. The quantitative estimate of drug-likeness (QED) is 0.791. The molecule has 1 heterocycles. The smallest absolute Gasteiger partial charge is 0.337 e. The monoisotopic (exact) mass is 351 g/mol. The first-order chi connectivity index (χ1) is 11.8. The fraction of sp³-hybridized carbons (Fsp3) is 0.294. The maximum Gasteiger partial charge on any atom is 0.417 e. The van der Waals surface area contributed by atoms with Crippen molar-refractivity contribution in [2.75, 3.05) is 11.9 Å². The number of anilines is 1. The number of alkyl halides is 3. The molecule has 1 aromatic heterocycles. The third kappa shape index (κ3) is 3.84. The predicted molar refractivity (Wildman–Crippen MR) is 86.4 cm³/mol. The lowest BCUT2D eigenvalue weighted by molar-refractivity contribution is -0.137. The van der Waals surface area contributed by atoms with Gasteiger partial charge in [0.25, 0.3) is 5.56 Å². The lowest BCUT2D eigenvalue weighted by Crippen LogP contribution is -2.36. The highest BCUT2D eigenvalue weighted by molar-refractivity contribution is 5.89. The van der Waals surface area contributed by atoms with Gasteiger partial charge in [0, 0.05) is 18.2 Å². The number of pyridine rings is 1. The lowest BCUT2D eigenvalue weighted by Gasteiger charge is -2.17. The molecule has 3 N–H and O–H groups in total. The van der Waals surface area contributed by atoms with E-state index in [0.29, 0.717) is 18.8 Å². The van der Waals surface area contributed by atoms with E-state index >= 15 is 0 Å². The minimum absolute atomic E-state index is 0.140. The van der Waals surface area contributed by atoms with E-state index in [9.17, 15) is 22.8 Å². The van der Waals surface area contributed by atoms with Crippen LogP contribution >= 0.6 is 0 Å². The van der Waals surface area contributed by atoms with Crippen molar-refractivity contribution in [2.24, 2.45) is 0 Å². The summed E-state index contributed by atoms with van der Waals surface area (Å²) in [4.78, 5) is 25.6. The van der Waals surface area contributed by atoms with Gasteiger partial charge < -0.3 is 15.6 Å². The van der Waals surface area contributed by atoms with Gasteiger partial charge in [0.1, 0.15) is 5.69 Å². The van der Waals surface area contributed by atoms with Crippen molar-refractivity contribution < 1.29 is 18.0 Å². The minimum Gasteiger partial charge on any atom is -0.337 e. The maximum absolute atomic E-state index is 12.7. The zero-order valence-corrected chi connectivity index (χ0v) is 13.1. The van der Waals surface area contributed by atoms with E-state index in [-0.39, 0.29) is 5.41 Å². The summed E-state index contributed by atoms with van der Waals surface area (Å²) < 4.78 is 38.1. The van der Waals surface area contributed by atoms with Crippen LogP contribution in [0.15, 0.2) is 47.4 Å². The topological polar surface area (TPSA) is 74.0 Å². The standard InChI is InChI=1S/C17H16F3N3O2/c18-17(19,20)12-8-13(14(24)21-9-12)23-15(25)22-10-16(6-7-16)11-4-2-1-3-5-11/h1-5,8-9H,6-7,10H2,(H,21,24)(H2,22,23,25). The van der Waals surface area contributed by atoms with Gasteiger partial charge >= 0.3 is 12.2 Å². The highest BCUT2D eigenvalue weighted by Gasteiger charge is 2.44. The fourth-order valence-corrected chi connectivity index (χ4v) is 2.67. The van der Waals surface area contributed by atoms with Crippen molar-refractivity contribution in [3.63, 3.8) is 0 Å². The first kappa shape index (κ1) is 17.1. The average molecular weight is 351 g/mol. The first-order valence-corrected chi connectivity index (χ1v) is 7.70. The number of rotatable bonds is 4. The normalized spacial score (nSPS) is 15.5. The number of carbonyl (C=O) groups is 1. The summed E-state index contributed by atoms with van der Waals surface area (Å²) >= 11 is 0. The minimum atomic E-state index is -4.61. The summed E-state index contributed by atoms with van der Waals surface area (Å²) in [6.45, 7) is 0.347. The second-order valence-electron chi connectivity index (χ2n) is 6.08. The number of hydrogen-bond acceptors (Lipinski definition) is 2. The van der Waals surface area contributed by atoms with Gasteiger partial charge in [-0.25, -0.2) is 4.79 Å². The Kier molecular flexibility index (Phi) is 4.28. The molecule has 5 nitrogen and oxygen atoms in total. The molecular weight excluding hydrogens is 335 g/mol. The molecule has 1 saturated carbocycles. The largest absolute Gasteiger partial charge is 0.417 e. The number of urea groups is 1. The highest BCUT2D eigenvalue weighted by Crippen LogP contribution is 2.47. The van der Waals surface area contributed by atoms with Crippen LogP contribution < -0.4 is 16.2 Å². The third-order valence-corrected chi connectivity index (χ3v) is 4.31. The Balaban J connectivity index is 1.65. The molecule has 2 amide bonds. The Morgan fingerprint density at radius 1 is 1.20 bits per heavy atom. The molecule has 8 heteroatoms. The van der Waals surface area contributed by atoms with Gasteiger partial charge in [0.15, 0.2) is 0 Å². The predicted octanol–water partition coefficient (Wildman–Crippen LogP) is 3.25. The van der Waals surface area contributed by atoms with Crippen molar-refractivity contribution >= 4 is 11.7 Å². The summed E-state index contributed by atoms with van der Waals surface area (Å²) in [6.07, 6.45) is -2.20. The molecule has 1 aliphatic carbocycles. The van der Waals surface area contributed by atoms with Crippen LogP contribution in [0.5, 0.6) is 0 Å². The summed E-state index contributed by atoms with van der Waals surface area (Å²) in [5, 5.41) is 4.81. The van der Waals surface area contributed by atoms with Crippen LogP contribution in [-0.2, 0) is 11.6 Å². The Morgan fingerprint density at radius 3 is 2.48 bits per heavy atom. The van der Waals surface area contributed by atoms with E-state index < -0.39 is 29.0 Å². The van der Waals surface area contributed by atoms with Gasteiger partial charge in [-0.3, -0.25) is 4.79 Å². The Labute approximate surface area is 141 Å². The highest BCUT2D eigenvalue weighted by atomic mass is 19.4. The molecule has 2 aromatic rings. The molecular formula is C17H16F3N3O2. The number of aromatic amines is 1. The summed E-state index contributed by atoms with van der Waals surface area (Å²) in [5.41, 5.74) is -1.32. The second kappa shape index (κ2) is 6.27. The lowest BCUT2D eigenvalue weighted by atomic mass is 9.96. The zero-order chi connectivity index (χ0) is 18.1. The Hall–Kier alpha value is -2.77. The maximum atomic E-state index is 12.7. The number of aromatic nitrogens is 1. The number of carbonyl (C=O) groups excluding carboxylic acids is 1. The van der Waals surface area contributed by atoms with Crippen LogP contribution in [0.4, 0.5) is 23.7 Å². The van der Waals surface area contributed by atoms with Crippen molar-refractivity contribution in [2.45, 2.75) is 24.4 Å². The molecule has 0 unspecified atom stereocenters. The number of hydrogen-bond donors (Lipinski definition) is 3. The van der Waals surface area contributed by atoms with Crippen LogP contribution in [0, 0.1) is 0 Å². The number of amides is 2. The molecule has 25 heavy (non-hydrogen) atoms. The Morgan fingerprint density at radius 2 is 1.88 bits per heavy atom. The van der Waals surface area contributed by atoms with E-state index in [1.165, 1.54) is 0 Å². The van der Waals surface area contributed by atoms with Crippen LogP contribution in [0.3, 0.4) is 0 Å². The van der Waals surface area contributed by atoms with Gasteiger partial charge in [-0.05, 0) is 24.5 Å². The fourth-order valence-electron chi connectivity index (χ4n) is 2.67. The van der Waals surface area contributed by atoms with E-state index in [0.717, 1.165) is 18.4 Å². The SMILES string of the molecule is O=C(NCC1(c2ccccc2)CC1)Nc1cc(C(F)(F)F)c[nH]c1=O. The third-order valence-electron chi connectivity index (χ3n) is 4.31. The molecule has 1 aromatic carbocycles. The molecule has 3 rings (SSSR count). The molecule has 0 atom stereocenters.